The lowest BCUT2D eigenvalue weighted by Gasteiger charge is -2.19. The highest BCUT2D eigenvalue weighted by atomic mass is 16.5. The van der Waals surface area contributed by atoms with E-state index in [1.54, 1.807) is 7.11 Å². The second-order valence-electron chi connectivity index (χ2n) is 4.65. The van der Waals surface area contributed by atoms with Crippen LogP contribution in [0.25, 0.3) is 0 Å². The molecule has 2 unspecified atom stereocenters. The number of benzene rings is 1. The van der Waals surface area contributed by atoms with Crippen molar-refractivity contribution < 1.29 is 4.74 Å². The van der Waals surface area contributed by atoms with Gasteiger partial charge in [0.1, 0.15) is 0 Å². The van der Waals surface area contributed by atoms with E-state index in [1.165, 1.54) is 24.8 Å². The normalized spacial score (nSPS) is 14.5. The van der Waals surface area contributed by atoms with Crippen LogP contribution in [0.1, 0.15) is 31.7 Å². The van der Waals surface area contributed by atoms with E-state index in [2.05, 4.69) is 42.6 Å². The Kier molecular flexibility index (Phi) is 6.90. The smallest absolute Gasteiger partial charge is 0.0558 e. The molecule has 0 aromatic heterocycles. The number of rotatable bonds is 8. The highest BCUT2D eigenvalue weighted by molar-refractivity contribution is 5.14. The standard InChI is InChI=1S/C15H25NO/c1-13(17-3)12-15(16-2)11-7-10-14-8-5-4-6-9-14/h4-6,8-9,13,15-16H,7,10-12H2,1-3H3. The van der Waals surface area contributed by atoms with E-state index in [1.807, 2.05) is 7.05 Å². The van der Waals surface area contributed by atoms with E-state index >= 15 is 0 Å². The molecule has 0 heterocycles. The van der Waals surface area contributed by atoms with Gasteiger partial charge in [-0.2, -0.15) is 0 Å². The van der Waals surface area contributed by atoms with Crippen LogP contribution in [0.4, 0.5) is 0 Å². The predicted molar refractivity (Wildman–Crippen MR) is 73.3 cm³/mol. The zero-order chi connectivity index (χ0) is 12.5. The van der Waals surface area contributed by atoms with E-state index < -0.39 is 0 Å². The van der Waals surface area contributed by atoms with Crippen molar-refractivity contribution in [1.29, 1.82) is 0 Å². The molecule has 1 N–H and O–H groups in total. The fourth-order valence-corrected chi connectivity index (χ4v) is 2.07. The quantitative estimate of drug-likeness (QED) is 0.748. The molecule has 2 heteroatoms. The average molecular weight is 235 g/mol. The SMILES string of the molecule is CNC(CCCc1ccccc1)CC(C)OC. The number of hydrogen-bond donors (Lipinski definition) is 1. The molecule has 0 bridgehead atoms. The molecule has 2 atom stereocenters. The summed E-state index contributed by atoms with van der Waals surface area (Å²) in [5, 5.41) is 3.37. The molecule has 0 amide bonds. The third-order valence-corrected chi connectivity index (χ3v) is 3.29. The molecule has 1 aromatic carbocycles. The number of ether oxygens (including phenoxy) is 1. The number of hydrogen-bond acceptors (Lipinski definition) is 2. The van der Waals surface area contributed by atoms with Gasteiger partial charge in [0.25, 0.3) is 0 Å². The first-order chi connectivity index (χ1) is 8.26. The summed E-state index contributed by atoms with van der Waals surface area (Å²) in [4.78, 5) is 0. The topological polar surface area (TPSA) is 21.3 Å². The molecular formula is C15H25NO. The molecule has 0 fully saturated rings. The molecule has 1 aromatic rings. The van der Waals surface area contributed by atoms with Crippen molar-refractivity contribution in [2.24, 2.45) is 0 Å². The highest BCUT2D eigenvalue weighted by Gasteiger charge is 2.10. The lowest BCUT2D eigenvalue weighted by molar-refractivity contribution is 0.1000. The maximum absolute atomic E-state index is 5.31. The minimum Gasteiger partial charge on any atom is -0.382 e. The molecule has 17 heavy (non-hydrogen) atoms. The van der Waals surface area contributed by atoms with Gasteiger partial charge < -0.3 is 10.1 Å². The Morgan fingerprint density at radius 3 is 2.53 bits per heavy atom. The highest BCUT2D eigenvalue weighted by Crippen LogP contribution is 2.10. The number of aryl methyl sites for hydroxylation is 1. The lowest BCUT2D eigenvalue weighted by Crippen LogP contribution is -2.29. The molecular weight excluding hydrogens is 210 g/mol. The van der Waals surface area contributed by atoms with Gasteiger partial charge in [0, 0.05) is 13.2 Å². The Hall–Kier alpha value is -0.860. The molecule has 0 aliphatic rings. The van der Waals surface area contributed by atoms with Crippen molar-refractivity contribution in [1.82, 2.24) is 5.32 Å². The van der Waals surface area contributed by atoms with E-state index in [-0.39, 0.29) is 0 Å². The largest absolute Gasteiger partial charge is 0.382 e. The molecule has 0 saturated carbocycles. The van der Waals surface area contributed by atoms with Crippen molar-refractivity contribution in [2.45, 2.75) is 44.8 Å². The minimum atomic E-state index is 0.337. The van der Waals surface area contributed by atoms with E-state index in [0.29, 0.717) is 12.1 Å². The van der Waals surface area contributed by atoms with E-state index in [0.717, 1.165) is 6.42 Å². The molecule has 0 saturated heterocycles. The van der Waals surface area contributed by atoms with Gasteiger partial charge >= 0.3 is 0 Å². The summed E-state index contributed by atoms with van der Waals surface area (Å²) >= 11 is 0. The van der Waals surface area contributed by atoms with Gasteiger partial charge in [-0.25, -0.2) is 0 Å². The van der Waals surface area contributed by atoms with Crippen LogP contribution in [-0.2, 0) is 11.2 Å². The number of nitrogens with one attached hydrogen (secondary N) is 1. The maximum atomic E-state index is 5.31. The van der Waals surface area contributed by atoms with Crippen LogP contribution in [0.3, 0.4) is 0 Å². The third kappa shape index (κ3) is 5.85. The Labute approximate surface area is 105 Å². The van der Waals surface area contributed by atoms with Gasteiger partial charge in [-0.15, -0.1) is 0 Å². The van der Waals surface area contributed by atoms with Crippen LogP contribution in [-0.4, -0.2) is 26.3 Å². The summed E-state index contributed by atoms with van der Waals surface area (Å²) in [6.07, 6.45) is 5.02. The molecule has 0 aliphatic heterocycles. The molecule has 0 radical (unpaired) electrons. The van der Waals surface area contributed by atoms with Crippen molar-refractivity contribution in [2.75, 3.05) is 14.2 Å². The first kappa shape index (κ1) is 14.2. The van der Waals surface area contributed by atoms with Crippen LogP contribution in [0, 0.1) is 0 Å². The van der Waals surface area contributed by atoms with Crippen LogP contribution in [0.5, 0.6) is 0 Å². The summed E-state index contributed by atoms with van der Waals surface area (Å²) in [5.41, 5.74) is 1.43. The lowest BCUT2D eigenvalue weighted by atomic mass is 10.0. The van der Waals surface area contributed by atoms with E-state index in [9.17, 15) is 0 Å². The Morgan fingerprint density at radius 1 is 1.24 bits per heavy atom. The monoisotopic (exact) mass is 235 g/mol. The first-order valence-corrected chi connectivity index (χ1v) is 6.50. The molecule has 2 nitrogen and oxygen atoms in total. The summed E-state index contributed by atoms with van der Waals surface area (Å²) < 4.78 is 5.31. The Balaban J connectivity index is 2.24. The van der Waals surface area contributed by atoms with Crippen LogP contribution in [0.2, 0.25) is 0 Å². The zero-order valence-corrected chi connectivity index (χ0v) is 11.3. The second-order valence-corrected chi connectivity index (χ2v) is 4.65. The van der Waals surface area contributed by atoms with Crippen LogP contribution in [0.15, 0.2) is 30.3 Å². The molecule has 96 valence electrons. The summed E-state index contributed by atoms with van der Waals surface area (Å²) in [6, 6.07) is 11.3. The summed E-state index contributed by atoms with van der Waals surface area (Å²) in [7, 11) is 3.82. The third-order valence-electron chi connectivity index (χ3n) is 3.29. The van der Waals surface area contributed by atoms with Crippen molar-refractivity contribution in [3.05, 3.63) is 35.9 Å². The Morgan fingerprint density at radius 2 is 1.94 bits per heavy atom. The van der Waals surface area contributed by atoms with Gasteiger partial charge in [-0.05, 0) is 45.2 Å². The van der Waals surface area contributed by atoms with Crippen molar-refractivity contribution in [3.63, 3.8) is 0 Å². The van der Waals surface area contributed by atoms with Gasteiger partial charge in [0.2, 0.25) is 0 Å². The molecule has 1 rings (SSSR count). The van der Waals surface area contributed by atoms with Crippen molar-refractivity contribution >= 4 is 0 Å². The second kappa shape index (κ2) is 8.26. The fraction of sp³-hybridized carbons (Fsp3) is 0.600. The summed E-state index contributed by atoms with van der Waals surface area (Å²) in [5.74, 6) is 0. The van der Waals surface area contributed by atoms with Gasteiger partial charge in [-0.1, -0.05) is 30.3 Å². The van der Waals surface area contributed by atoms with Gasteiger partial charge in [0.05, 0.1) is 6.10 Å². The number of methoxy groups -OCH3 is 1. The van der Waals surface area contributed by atoms with Crippen LogP contribution >= 0.6 is 0 Å². The molecule has 0 spiro atoms. The average Bonchev–Trinajstić information content (AvgIpc) is 2.38. The maximum Gasteiger partial charge on any atom is 0.0558 e. The van der Waals surface area contributed by atoms with E-state index in [4.69, 9.17) is 4.74 Å². The minimum absolute atomic E-state index is 0.337. The van der Waals surface area contributed by atoms with Gasteiger partial charge in [-0.3, -0.25) is 0 Å². The Bertz CT molecular complexity index is 286. The fourth-order valence-electron chi connectivity index (χ4n) is 2.07. The predicted octanol–water partition coefficient (Wildman–Crippen LogP) is 3.02. The zero-order valence-electron chi connectivity index (χ0n) is 11.3. The van der Waals surface area contributed by atoms with Gasteiger partial charge in [0.15, 0.2) is 0 Å². The van der Waals surface area contributed by atoms with Crippen molar-refractivity contribution in [3.8, 4) is 0 Å². The summed E-state index contributed by atoms with van der Waals surface area (Å²) in [6.45, 7) is 2.13. The van der Waals surface area contributed by atoms with Crippen LogP contribution < -0.4 is 5.32 Å². The molecule has 0 aliphatic carbocycles. The first-order valence-electron chi connectivity index (χ1n) is 6.50.